The highest BCUT2D eigenvalue weighted by Gasteiger charge is 2.28. The van der Waals surface area contributed by atoms with Crippen LogP contribution in [0.1, 0.15) is 44.9 Å². The second-order valence-corrected chi connectivity index (χ2v) is 5.79. The summed E-state index contributed by atoms with van der Waals surface area (Å²) >= 11 is 4.95. The highest BCUT2D eigenvalue weighted by molar-refractivity contribution is 7.80. The van der Waals surface area contributed by atoms with Crippen LogP contribution in [0.25, 0.3) is 0 Å². The van der Waals surface area contributed by atoms with E-state index in [-0.39, 0.29) is 0 Å². The molecular weight excluding hydrogens is 232 g/mol. The molecule has 4 heteroatoms. The zero-order valence-corrected chi connectivity index (χ0v) is 11.4. The zero-order valence-electron chi connectivity index (χ0n) is 10.6. The quantitative estimate of drug-likeness (QED) is 0.675. The van der Waals surface area contributed by atoms with E-state index in [1.54, 1.807) is 0 Å². The number of thiocarbonyl (C=S) groups is 1. The summed E-state index contributed by atoms with van der Waals surface area (Å²) in [5.74, 6) is 0. The normalized spacial score (nSPS) is 24.4. The maximum absolute atomic E-state index is 5.65. The van der Waals surface area contributed by atoms with Crippen LogP contribution in [0.3, 0.4) is 0 Å². The SMILES string of the molecule is NC(=S)CCN(CCCC1CCCO1)C1CC1. The monoisotopic (exact) mass is 256 g/mol. The van der Waals surface area contributed by atoms with Crippen molar-refractivity contribution >= 4 is 17.2 Å². The first-order valence-electron chi connectivity index (χ1n) is 6.89. The molecule has 1 unspecified atom stereocenters. The molecule has 1 saturated heterocycles. The van der Waals surface area contributed by atoms with Crippen LogP contribution in [0.4, 0.5) is 0 Å². The van der Waals surface area contributed by atoms with Crippen LogP contribution in [-0.2, 0) is 4.74 Å². The van der Waals surface area contributed by atoms with Gasteiger partial charge in [0, 0.05) is 25.6 Å². The van der Waals surface area contributed by atoms with E-state index < -0.39 is 0 Å². The van der Waals surface area contributed by atoms with E-state index >= 15 is 0 Å². The van der Waals surface area contributed by atoms with Crippen molar-refractivity contribution < 1.29 is 4.74 Å². The van der Waals surface area contributed by atoms with Gasteiger partial charge in [-0.05, 0) is 45.1 Å². The molecule has 1 saturated carbocycles. The van der Waals surface area contributed by atoms with E-state index in [4.69, 9.17) is 22.7 Å². The second kappa shape index (κ2) is 6.66. The predicted molar refractivity (Wildman–Crippen MR) is 74.2 cm³/mol. The van der Waals surface area contributed by atoms with Gasteiger partial charge in [-0.1, -0.05) is 12.2 Å². The Morgan fingerprint density at radius 3 is 2.71 bits per heavy atom. The number of rotatable bonds is 8. The fraction of sp³-hybridized carbons (Fsp3) is 0.923. The van der Waals surface area contributed by atoms with E-state index in [9.17, 15) is 0 Å². The summed E-state index contributed by atoms with van der Waals surface area (Å²) in [4.78, 5) is 3.21. The average molecular weight is 256 g/mol. The van der Waals surface area contributed by atoms with E-state index in [2.05, 4.69) is 4.90 Å². The van der Waals surface area contributed by atoms with Gasteiger partial charge in [0.1, 0.15) is 0 Å². The van der Waals surface area contributed by atoms with Crippen molar-refractivity contribution in [1.82, 2.24) is 4.90 Å². The van der Waals surface area contributed by atoms with E-state index in [1.165, 1.54) is 45.1 Å². The maximum Gasteiger partial charge on any atom is 0.0740 e. The Bertz CT molecular complexity index is 250. The summed E-state index contributed by atoms with van der Waals surface area (Å²) < 4.78 is 5.65. The minimum Gasteiger partial charge on any atom is -0.393 e. The molecule has 2 N–H and O–H groups in total. The van der Waals surface area contributed by atoms with E-state index in [0.29, 0.717) is 11.1 Å². The van der Waals surface area contributed by atoms with Gasteiger partial charge in [0.25, 0.3) is 0 Å². The third-order valence-corrected chi connectivity index (χ3v) is 3.91. The Hall–Kier alpha value is -0.190. The van der Waals surface area contributed by atoms with Gasteiger partial charge in [0.15, 0.2) is 0 Å². The van der Waals surface area contributed by atoms with Gasteiger partial charge in [-0.2, -0.15) is 0 Å². The lowest BCUT2D eigenvalue weighted by Crippen LogP contribution is -2.31. The molecule has 2 rings (SSSR count). The smallest absolute Gasteiger partial charge is 0.0740 e. The summed E-state index contributed by atoms with van der Waals surface area (Å²) in [6.45, 7) is 3.21. The van der Waals surface area contributed by atoms with Crippen LogP contribution >= 0.6 is 12.2 Å². The molecule has 1 aliphatic heterocycles. The van der Waals surface area contributed by atoms with Gasteiger partial charge in [-0.15, -0.1) is 0 Å². The van der Waals surface area contributed by atoms with Crippen molar-refractivity contribution in [3.05, 3.63) is 0 Å². The molecule has 2 aliphatic rings. The van der Waals surface area contributed by atoms with Crippen LogP contribution in [0.15, 0.2) is 0 Å². The first-order valence-corrected chi connectivity index (χ1v) is 7.30. The van der Waals surface area contributed by atoms with E-state index in [0.717, 1.165) is 25.6 Å². The molecule has 17 heavy (non-hydrogen) atoms. The number of ether oxygens (including phenoxy) is 1. The van der Waals surface area contributed by atoms with Crippen LogP contribution in [0.2, 0.25) is 0 Å². The molecule has 1 aliphatic carbocycles. The van der Waals surface area contributed by atoms with Gasteiger partial charge in [-0.25, -0.2) is 0 Å². The Balaban J connectivity index is 1.61. The number of nitrogens with two attached hydrogens (primary N) is 1. The van der Waals surface area contributed by atoms with Crippen LogP contribution in [-0.4, -0.2) is 41.7 Å². The Labute approximate surface area is 110 Å². The molecule has 0 aromatic carbocycles. The lowest BCUT2D eigenvalue weighted by molar-refractivity contribution is 0.0984. The second-order valence-electron chi connectivity index (χ2n) is 5.26. The molecular formula is C13H24N2OS. The lowest BCUT2D eigenvalue weighted by atomic mass is 10.1. The zero-order chi connectivity index (χ0) is 12.1. The Kier molecular flexibility index (Phi) is 5.19. The first-order chi connectivity index (χ1) is 8.25. The van der Waals surface area contributed by atoms with Crippen molar-refractivity contribution in [3.63, 3.8) is 0 Å². The van der Waals surface area contributed by atoms with Gasteiger partial charge in [-0.3, -0.25) is 4.90 Å². The third kappa shape index (κ3) is 4.90. The highest BCUT2D eigenvalue weighted by atomic mass is 32.1. The van der Waals surface area contributed by atoms with Gasteiger partial charge >= 0.3 is 0 Å². The van der Waals surface area contributed by atoms with Crippen molar-refractivity contribution in [2.45, 2.75) is 57.1 Å². The lowest BCUT2D eigenvalue weighted by Gasteiger charge is -2.22. The summed E-state index contributed by atoms with van der Waals surface area (Å²) in [7, 11) is 0. The minimum atomic E-state index is 0.534. The van der Waals surface area contributed by atoms with Gasteiger partial charge in [0.05, 0.1) is 11.1 Å². The summed E-state index contributed by atoms with van der Waals surface area (Å²) in [5.41, 5.74) is 5.57. The standard InChI is InChI=1S/C13H24N2OS/c14-13(17)7-9-15(11-5-6-11)8-1-3-12-4-2-10-16-12/h11-12H,1-10H2,(H2,14,17). The van der Waals surface area contributed by atoms with E-state index in [1.807, 2.05) is 0 Å². The van der Waals surface area contributed by atoms with Crippen LogP contribution in [0.5, 0.6) is 0 Å². The first kappa shape index (κ1) is 13.2. The fourth-order valence-corrected chi connectivity index (χ4v) is 2.66. The van der Waals surface area contributed by atoms with Crippen LogP contribution in [0, 0.1) is 0 Å². The molecule has 0 radical (unpaired) electrons. The Morgan fingerprint density at radius 2 is 2.12 bits per heavy atom. The molecule has 1 heterocycles. The number of nitrogens with zero attached hydrogens (tertiary/aromatic N) is 1. The summed E-state index contributed by atoms with van der Waals surface area (Å²) in [5, 5.41) is 0. The molecule has 0 amide bonds. The Morgan fingerprint density at radius 1 is 1.29 bits per heavy atom. The highest BCUT2D eigenvalue weighted by Crippen LogP contribution is 2.27. The minimum absolute atomic E-state index is 0.534. The molecule has 0 aromatic rings. The number of hydrogen-bond acceptors (Lipinski definition) is 3. The molecule has 0 bridgehead atoms. The van der Waals surface area contributed by atoms with Crippen molar-refractivity contribution in [2.24, 2.45) is 5.73 Å². The van der Waals surface area contributed by atoms with Crippen molar-refractivity contribution in [1.29, 1.82) is 0 Å². The van der Waals surface area contributed by atoms with Gasteiger partial charge < -0.3 is 10.5 Å². The summed E-state index contributed by atoms with van der Waals surface area (Å²) in [6.07, 6.45) is 9.09. The van der Waals surface area contributed by atoms with Gasteiger partial charge in [0.2, 0.25) is 0 Å². The maximum atomic E-state index is 5.65. The molecule has 98 valence electrons. The van der Waals surface area contributed by atoms with Crippen molar-refractivity contribution in [2.75, 3.05) is 19.7 Å². The molecule has 0 spiro atoms. The van der Waals surface area contributed by atoms with Crippen molar-refractivity contribution in [3.8, 4) is 0 Å². The topological polar surface area (TPSA) is 38.5 Å². The third-order valence-electron chi connectivity index (χ3n) is 3.70. The molecule has 0 aromatic heterocycles. The number of hydrogen-bond donors (Lipinski definition) is 1. The largest absolute Gasteiger partial charge is 0.393 e. The molecule has 1 atom stereocenters. The average Bonchev–Trinajstić information content (AvgIpc) is 3.00. The molecule has 2 fully saturated rings. The summed E-state index contributed by atoms with van der Waals surface area (Å²) in [6, 6.07) is 0.814. The molecule has 3 nitrogen and oxygen atoms in total. The van der Waals surface area contributed by atoms with Crippen LogP contribution < -0.4 is 5.73 Å². The predicted octanol–water partition coefficient (Wildman–Crippen LogP) is 2.09. The fourth-order valence-electron chi connectivity index (χ4n) is 2.56.